The lowest BCUT2D eigenvalue weighted by molar-refractivity contribution is -0.133. The SMILES string of the molecule is O=C(CCC1CCNCC1)N1CCN(Cc2c(F)cccc2Cl)CC1. The lowest BCUT2D eigenvalue weighted by atomic mass is 9.93. The van der Waals surface area contributed by atoms with Gasteiger partial charge in [-0.3, -0.25) is 9.69 Å². The molecule has 2 heterocycles. The first kappa shape index (κ1) is 18.6. The minimum absolute atomic E-state index is 0.257. The van der Waals surface area contributed by atoms with Crippen molar-refractivity contribution in [1.82, 2.24) is 15.1 Å². The first-order valence-electron chi connectivity index (χ1n) is 9.27. The van der Waals surface area contributed by atoms with Crippen LogP contribution in [0.4, 0.5) is 4.39 Å². The average molecular weight is 368 g/mol. The predicted octanol–water partition coefficient (Wildman–Crippen LogP) is 2.90. The van der Waals surface area contributed by atoms with Gasteiger partial charge in [-0.1, -0.05) is 17.7 Å². The van der Waals surface area contributed by atoms with Gasteiger partial charge in [0.05, 0.1) is 0 Å². The van der Waals surface area contributed by atoms with Gasteiger partial charge in [0.1, 0.15) is 5.82 Å². The van der Waals surface area contributed by atoms with E-state index in [1.54, 1.807) is 12.1 Å². The lowest BCUT2D eigenvalue weighted by Crippen LogP contribution is -2.48. The number of carbonyl (C=O) groups is 1. The third-order valence-corrected chi connectivity index (χ3v) is 5.75. The van der Waals surface area contributed by atoms with Crippen molar-refractivity contribution in [1.29, 1.82) is 0 Å². The van der Waals surface area contributed by atoms with E-state index >= 15 is 0 Å². The van der Waals surface area contributed by atoms with Crippen LogP contribution in [0.15, 0.2) is 18.2 Å². The summed E-state index contributed by atoms with van der Waals surface area (Å²) in [7, 11) is 0. The maximum Gasteiger partial charge on any atom is 0.222 e. The van der Waals surface area contributed by atoms with Crippen molar-refractivity contribution in [2.75, 3.05) is 39.3 Å². The average Bonchev–Trinajstić information content (AvgIpc) is 2.64. The van der Waals surface area contributed by atoms with Crippen LogP contribution in [0.2, 0.25) is 5.02 Å². The maximum atomic E-state index is 13.9. The quantitative estimate of drug-likeness (QED) is 0.869. The fraction of sp³-hybridized carbons (Fsp3) is 0.632. The Morgan fingerprint density at radius 2 is 1.92 bits per heavy atom. The van der Waals surface area contributed by atoms with Crippen LogP contribution in [-0.4, -0.2) is 55.0 Å². The van der Waals surface area contributed by atoms with E-state index in [0.717, 1.165) is 45.7 Å². The van der Waals surface area contributed by atoms with Crippen LogP contribution in [0.25, 0.3) is 0 Å². The fourth-order valence-corrected chi connectivity index (χ4v) is 3.94. The van der Waals surface area contributed by atoms with Gasteiger partial charge in [-0.2, -0.15) is 0 Å². The van der Waals surface area contributed by atoms with E-state index in [0.29, 0.717) is 29.5 Å². The number of hydrogen-bond donors (Lipinski definition) is 1. The summed E-state index contributed by atoms with van der Waals surface area (Å²) >= 11 is 6.11. The van der Waals surface area contributed by atoms with Crippen molar-refractivity contribution in [3.8, 4) is 0 Å². The number of nitrogens with one attached hydrogen (secondary N) is 1. The summed E-state index contributed by atoms with van der Waals surface area (Å²) in [6.45, 7) is 5.64. The van der Waals surface area contributed by atoms with E-state index in [1.165, 1.54) is 18.9 Å². The van der Waals surface area contributed by atoms with Gasteiger partial charge in [0.25, 0.3) is 0 Å². The second kappa shape index (κ2) is 8.97. The Morgan fingerprint density at radius 3 is 2.60 bits per heavy atom. The summed E-state index contributed by atoms with van der Waals surface area (Å²) < 4.78 is 13.9. The van der Waals surface area contributed by atoms with Crippen LogP contribution in [0.3, 0.4) is 0 Å². The number of carbonyl (C=O) groups excluding carboxylic acids is 1. The molecule has 138 valence electrons. The molecule has 0 unspecified atom stereocenters. The third kappa shape index (κ3) is 5.16. The monoisotopic (exact) mass is 367 g/mol. The first-order chi connectivity index (χ1) is 12.1. The van der Waals surface area contributed by atoms with Crippen molar-refractivity contribution in [3.05, 3.63) is 34.6 Å². The van der Waals surface area contributed by atoms with Gasteiger partial charge in [0, 0.05) is 49.7 Å². The van der Waals surface area contributed by atoms with Crippen LogP contribution in [-0.2, 0) is 11.3 Å². The molecule has 1 aromatic carbocycles. The molecule has 2 aliphatic rings. The Hall–Kier alpha value is -1.17. The van der Waals surface area contributed by atoms with Crippen LogP contribution >= 0.6 is 11.6 Å². The van der Waals surface area contributed by atoms with Crippen LogP contribution in [0, 0.1) is 11.7 Å². The van der Waals surface area contributed by atoms with Gasteiger partial charge in [-0.05, 0) is 50.4 Å². The Kier molecular flexibility index (Phi) is 6.68. The highest BCUT2D eigenvalue weighted by atomic mass is 35.5. The third-order valence-electron chi connectivity index (χ3n) is 5.39. The number of benzene rings is 1. The van der Waals surface area contributed by atoms with Crippen molar-refractivity contribution in [2.45, 2.75) is 32.2 Å². The summed E-state index contributed by atoms with van der Waals surface area (Å²) in [4.78, 5) is 16.6. The number of amides is 1. The van der Waals surface area contributed by atoms with Gasteiger partial charge in [0.15, 0.2) is 0 Å². The van der Waals surface area contributed by atoms with E-state index in [4.69, 9.17) is 11.6 Å². The molecule has 2 aliphatic heterocycles. The number of rotatable bonds is 5. The van der Waals surface area contributed by atoms with Gasteiger partial charge in [-0.15, -0.1) is 0 Å². The van der Waals surface area contributed by atoms with E-state index < -0.39 is 0 Å². The van der Waals surface area contributed by atoms with Crippen molar-refractivity contribution in [3.63, 3.8) is 0 Å². The normalized spacial score (nSPS) is 20.0. The number of halogens is 2. The van der Waals surface area contributed by atoms with E-state index in [1.807, 2.05) is 4.90 Å². The molecule has 0 aliphatic carbocycles. The molecular formula is C19H27ClFN3O. The molecule has 0 bridgehead atoms. The van der Waals surface area contributed by atoms with Gasteiger partial charge < -0.3 is 10.2 Å². The summed E-state index contributed by atoms with van der Waals surface area (Å²) in [5.74, 6) is 0.699. The molecule has 0 aromatic heterocycles. The summed E-state index contributed by atoms with van der Waals surface area (Å²) in [6, 6.07) is 4.79. The molecule has 25 heavy (non-hydrogen) atoms. The number of piperazine rings is 1. The van der Waals surface area contributed by atoms with Gasteiger partial charge in [-0.25, -0.2) is 4.39 Å². The Morgan fingerprint density at radius 1 is 1.20 bits per heavy atom. The molecule has 1 amide bonds. The molecule has 6 heteroatoms. The molecular weight excluding hydrogens is 341 g/mol. The maximum absolute atomic E-state index is 13.9. The zero-order valence-electron chi connectivity index (χ0n) is 14.6. The molecule has 1 aromatic rings. The summed E-state index contributed by atoms with van der Waals surface area (Å²) in [6.07, 6.45) is 4.03. The van der Waals surface area contributed by atoms with Crippen LogP contribution < -0.4 is 5.32 Å². The minimum Gasteiger partial charge on any atom is -0.340 e. The predicted molar refractivity (Wildman–Crippen MR) is 98.1 cm³/mol. The van der Waals surface area contributed by atoms with Gasteiger partial charge in [0.2, 0.25) is 5.91 Å². The van der Waals surface area contributed by atoms with Crippen molar-refractivity contribution in [2.24, 2.45) is 5.92 Å². The molecule has 0 atom stereocenters. The molecule has 0 saturated carbocycles. The molecule has 2 fully saturated rings. The first-order valence-corrected chi connectivity index (χ1v) is 9.65. The number of piperidine rings is 1. The van der Waals surface area contributed by atoms with Crippen LogP contribution in [0.1, 0.15) is 31.2 Å². The largest absolute Gasteiger partial charge is 0.340 e. The standard InChI is InChI=1S/C19H27ClFN3O/c20-17-2-1-3-18(21)16(17)14-23-10-12-24(13-11-23)19(25)5-4-15-6-8-22-9-7-15/h1-3,15,22H,4-14H2. The zero-order chi connectivity index (χ0) is 17.6. The van der Waals surface area contributed by atoms with Crippen LogP contribution in [0.5, 0.6) is 0 Å². The molecule has 0 radical (unpaired) electrons. The van der Waals surface area contributed by atoms with Crippen molar-refractivity contribution >= 4 is 17.5 Å². The molecule has 0 spiro atoms. The summed E-state index contributed by atoms with van der Waals surface area (Å²) in [5.41, 5.74) is 0.551. The Balaban J connectivity index is 1.42. The molecule has 2 saturated heterocycles. The fourth-order valence-electron chi connectivity index (χ4n) is 3.72. The topological polar surface area (TPSA) is 35.6 Å². The summed E-state index contributed by atoms with van der Waals surface area (Å²) in [5, 5.41) is 3.83. The Labute approximate surface area is 154 Å². The van der Waals surface area contributed by atoms with E-state index in [2.05, 4.69) is 10.2 Å². The second-order valence-corrected chi connectivity index (χ2v) is 7.50. The lowest BCUT2D eigenvalue weighted by Gasteiger charge is -2.35. The van der Waals surface area contributed by atoms with Crippen molar-refractivity contribution < 1.29 is 9.18 Å². The highest BCUT2D eigenvalue weighted by Crippen LogP contribution is 2.22. The Bertz CT molecular complexity index is 564. The minimum atomic E-state index is -0.257. The molecule has 1 N–H and O–H groups in total. The smallest absolute Gasteiger partial charge is 0.222 e. The van der Waals surface area contributed by atoms with E-state index in [-0.39, 0.29) is 11.7 Å². The van der Waals surface area contributed by atoms with Gasteiger partial charge >= 0.3 is 0 Å². The zero-order valence-corrected chi connectivity index (χ0v) is 15.4. The number of hydrogen-bond acceptors (Lipinski definition) is 3. The van der Waals surface area contributed by atoms with E-state index in [9.17, 15) is 9.18 Å². The second-order valence-electron chi connectivity index (χ2n) is 7.09. The number of nitrogens with zero attached hydrogens (tertiary/aromatic N) is 2. The highest BCUT2D eigenvalue weighted by Gasteiger charge is 2.23. The molecule has 4 nitrogen and oxygen atoms in total. The molecule has 3 rings (SSSR count). The highest BCUT2D eigenvalue weighted by molar-refractivity contribution is 6.31.